The summed E-state index contributed by atoms with van der Waals surface area (Å²) < 4.78 is 31.6. The van der Waals surface area contributed by atoms with E-state index in [0.717, 1.165) is 23.1 Å². The summed E-state index contributed by atoms with van der Waals surface area (Å²) in [4.78, 5) is 28.3. The number of nitrogens with zero attached hydrogens (tertiary/aromatic N) is 1. The van der Waals surface area contributed by atoms with E-state index < -0.39 is 17.3 Å². The van der Waals surface area contributed by atoms with Gasteiger partial charge in [-0.25, -0.2) is 14.2 Å². The highest BCUT2D eigenvalue weighted by Crippen LogP contribution is 2.41. The van der Waals surface area contributed by atoms with Crippen LogP contribution in [0.15, 0.2) is 72.3 Å². The topological polar surface area (TPSA) is 98.8 Å². The molecule has 1 amide bonds. The average molecular weight is 588 g/mol. The largest absolute Gasteiger partial charge is 0.493 e. The van der Waals surface area contributed by atoms with E-state index in [2.05, 4.69) is 20.4 Å². The van der Waals surface area contributed by atoms with Crippen LogP contribution in [0.5, 0.6) is 17.2 Å². The highest BCUT2D eigenvalue weighted by Gasteiger charge is 2.35. The van der Waals surface area contributed by atoms with Crippen molar-refractivity contribution in [3.63, 3.8) is 0 Å². The fraction of sp³-hybridized carbons (Fsp3) is 0.219. The molecular weight excluding hydrogens is 557 g/mol. The van der Waals surface area contributed by atoms with Crippen molar-refractivity contribution in [3.05, 3.63) is 94.8 Å². The van der Waals surface area contributed by atoms with Crippen LogP contribution in [0, 0.1) is 5.82 Å². The third-order valence-corrected chi connectivity index (χ3v) is 7.78. The number of hydrogen-bond donors (Lipinski definition) is 2. The predicted molar refractivity (Wildman–Crippen MR) is 160 cm³/mol. The van der Waals surface area contributed by atoms with E-state index in [0.29, 0.717) is 40.1 Å². The summed E-state index contributed by atoms with van der Waals surface area (Å²) >= 11 is 1.36. The quantitative estimate of drug-likeness (QED) is 0.175. The molecule has 5 rings (SSSR count). The zero-order valence-electron chi connectivity index (χ0n) is 23.4. The number of anilines is 1. The van der Waals surface area contributed by atoms with Crippen molar-refractivity contribution < 1.29 is 28.2 Å². The Kier molecular flexibility index (Phi) is 8.65. The van der Waals surface area contributed by atoms with Gasteiger partial charge in [0.15, 0.2) is 16.6 Å². The van der Waals surface area contributed by atoms with Crippen molar-refractivity contribution in [2.24, 2.45) is 0 Å². The molecule has 3 aromatic carbocycles. The summed E-state index contributed by atoms with van der Waals surface area (Å²) in [7, 11) is 2.87. The molecule has 0 aliphatic carbocycles. The Morgan fingerprint density at radius 1 is 1.12 bits per heavy atom. The van der Waals surface area contributed by atoms with Crippen LogP contribution in [0.25, 0.3) is 17.2 Å². The van der Waals surface area contributed by atoms with Crippen molar-refractivity contribution >= 4 is 34.4 Å². The molecule has 2 N–H and O–H groups in total. The fourth-order valence-corrected chi connectivity index (χ4v) is 5.53. The normalized spacial score (nSPS) is 16.1. The van der Waals surface area contributed by atoms with Crippen LogP contribution in [0.4, 0.5) is 9.52 Å². The van der Waals surface area contributed by atoms with Crippen molar-refractivity contribution in [1.82, 2.24) is 10.3 Å². The molecule has 1 aromatic heterocycles. The number of benzene rings is 3. The Hall–Kier alpha value is -4.54. The highest BCUT2D eigenvalue weighted by atomic mass is 32.1. The molecule has 8 nitrogen and oxygen atoms in total. The monoisotopic (exact) mass is 587 g/mol. The van der Waals surface area contributed by atoms with Gasteiger partial charge in [-0.2, -0.15) is 0 Å². The maximum Gasteiger partial charge on any atom is 0.330 e. The Labute approximate surface area is 247 Å². The van der Waals surface area contributed by atoms with Gasteiger partial charge in [-0.3, -0.25) is 4.79 Å². The molecule has 0 spiro atoms. The number of carbonyl (C=O) groups is 2. The van der Waals surface area contributed by atoms with Crippen LogP contribution in [-0.2, 0) is 26.3 Å². The summed E-state index contributed by atoms with van der Waals surface area (Å²) in [5, 5.41) is 8.69. The van der Waals surface area contributed by atoms with Gasteiger partial charge in [0, 0.05) is 47.8 Å². The van der Waals surface area contributed by atoms with Gasteiger partial charge in [-0.15, -0.1) is 11.3 Å². The van der Waals surface area contributed by atoms with Crippen molar-refractivity contribution in [2.75, 3.05) is 26.1 Å². The van der Waals surface area contributed by atoms with E-state index in [4.69, 9.17) is 9.47 Å². The second-order valence-corrected chi connectivity index (χ2v) is 10.8. The van der Waals surface area contributed by atoms with Gasteiger partial charge in [0.05, 0.1) is 14.2 Å². The van der Waals surface area contributed by atoms with E-state index in [1.807, 2.05) is 19.1 Å². The Balaban J connectivity index is 1.37. The number of amides is 1. The molecule has 1 aliphatic heterocycles. The van der Waals surface area contributed by atoms with Crippen molar-refractivity contribution in [1.29, 1.82) is 0 Å². The van der Waals surface area contributed by atoms with Gasteiger partial charge >= 0.3 is 5.97 Å². The lowest BCUT2D eigenvalue weighted by Crippen LogP contribution is -2.47. The number of aromatic nitrogens is 1. The zero-order chi connectivity index (χ0) is 29.7. The average Bonchev–Trinajstić information content (AvgIpc) is 3.49. The third-order valence-electron chi connectivity index (χ3n) is 7.09. The highest BCUT2D eigenvalue weighted by molar-refractivity contribution is 7.13. The number of rotatable bonds is 9. The lowest BCUT2D eigenvalue weighted by molar-refractivity contribution is -0.134. The number of halogens is 1. The van der Waals surface area contributed by atoms with Crippen molar-refractivity contribution in [2.45, 2.75) is 25.3 Å². The first kappa shape index (κ1) is 29.0. The van der Waals surface area contributed by atoms with Crippen LogP contribution in [0.2, 0.25) is 0 Å². The van der Waals surface area contributed by atoms with Crippen LogP contribution in [-0.4, -0.2) is 37.6 Å². The minimum atomic E-state index is -0.660. The number of nitrogens with one attached hydrogen (secondary N) is 2. The Morgan fingerprint density at radius 2 is 1.93 bits per heavy atom. The molecule has 0 unspecified atom stereocenters. The summed E-state index contributed by atoms with van der Waals surface area (Å²) in [5.74, 6) is 0.183. The maximum absolute atomic E-state index is 15.3. The summed E-state index contributed by atoms with van der Waals surface area (Å²) in [6, 6.07) is 15.6. The molecule has 0 bridgehead atoms. The number of methoxy groups -OCH3 is 2. The Morgan fingerprint density at radius 3 is 2.62 bits per heavy atom. The first-order chi connectivity index (χ1) is 20.3. The zero-order valence-corrected chi connectivity index (χ0v) is 24.2. The molecule has 0 saturated carbocycles. The lowest BCUT2D eigenvalue weighted by atomic mass is 9.81. The summed E-state index contributed by atoms with van der Waals surface area (Å²) in [6.07, 6.45) is 5.54. The maximum atomic E-state index is 15.3. The molecule has 42 heavy (non-hydrogen) atoms. The molecule has 2 heterocycles. The standard InChI is InChI=1S/C32H30FN3O5S/c1-32(19-29(37)36-31-34-14-15-42-31)25-18-28(27(39-2)16-22(25)12-13-35-32)41-23-9-10-24(26(33)17-23)21-7-4-20(5-8-21)6-11-30(38)40-3/h4-11,14-18,35H,12-13,19H2,1-3H3,(H,34,36,37)/b11-6+/t32-/m1/s1. The van der Waals surface area contributed by atoms with Gasteiger partial charge in [0.25, 0.3) is 0 Å². The molecular formula is C32H30FN3O5S. The van der Waals surface area contributed by atoms with E-state index in [1.165, 1.54) is 30.6 Å². The Bertz CT molecular complexity index is 1620. The summed E-state index contributed by atoms with van der Waals surface area (Å²) in [5.41, 5.74) is 3.18. The van der Waals surface area contributed by atoms with Crippen LogP contribution >= 0.6 is 11.3 Å². The number of fused-ring (bicyclic) bond motifs is 1. The number of carbonyl (C=O) groups excluding carboxylic acids is 2. The number of ether oxygens (including phenoxy) is 3. The second-order valence-electron chi connectivity index (χ2n) is 9.95. The first-order valence-electron chi connectivity index (χ1n) is 13.3. The number of hydrogen-bond acceptors (Lipinski definition) is 8. The summed E-state index contributed by atoms with van der Waals surface area (Å²) in [6.45, 7) is 2.68. The van der Waals surface area contributed by atoms with E-state index in [-0.39, 0.29) is 12.3 Å². The number of esters is 1. The van der Waals surface area contributed by atoms with E-state index >= 15 is 4.39 Å². The van der Waals surface area contributed by atoms with Gasteiger partial charge in [0.2, 0.25) is 5.91 Å². The molecule has 0 fully saturated rings. The minimum Gasteiger partial charge on any atom is -0.493 e. The first-order valence-corrected chi connectivity index (χ1v) is 14.2. The SMILES string of the molecule is COC(=O)/C=C/c1ccc(-c2ccc(Oc3cc4c(cc3OC)CCN[C@]4(C)CC(=O)Nc3nccs3)cc2F)cc1. The third kappa shape index (κ3) is 6.50. The fourth-order valence-electron chi connectivity index (χ4n) is 4.98. The molecule has 1 aliphatic rings. The van der Waals surface area contributed by atoms with Gasteiger partial charge in [-0.05, 0) is 65.9 Å². The molecule has 216 valence electrons. The lowest BCUT2D eigenvalue weighted by Gasteiger charge is -2.37. The van der Waals surface area contributed by atoms with Crippen molar-refractivity contribution in [3.8, 4) is 28.4 Å². The van der Waals surface area contributed by atoms with E-state index in [1.54, 1.807) is 61.2 Å². The second kappa shape index (κ2) is 12.5. The van der Waals surface area contributed by atoms with Crippen LogP contribution in [0.3, 0.4) is 0 Å². The molecule has 1 atom stereocenters. The molecule has 0 saturated heterocycles. The predicted octanol–water partition coefficient (Wildman–Crippen LogP) is 6.33. The molecule has 10 heteroatoms. The molecule has 0 radical (unpaired) electrons. The minimum absolute atomic E-state index is 0.156. The van der Waals surface area contributed by atoms with E-state index in [9.17, 15) is 9.59 Å². The van der Waals surface area contributed by atoms with Gasteiger partial charge in [-0.1, -0.05) is 24.3 Å². The van der Waals surface area contributed by atoms with Crippen LogP contribution < -0.4 is 20.1 Å². The smallest absolute Gasteiger partial charge is 0.330 e. The van der Waals surface area contributed by atoms with Gasteiger partial charge in [0.1, 0.15) is 11.6 Å². The molecule has 4 aromatic rings. The number of thiazole rings is 1. The van der Waals surface area contributed by atoms with Gasteiger partial charge < -0.3 is 24.8 Å². The van der Waals surface area contributed by atoms with Crippen LogP contribution in [0.1, 0.15) is 30.0 Å².